The second kappa shape index (κ2) is 20.0. The second-order valence-electron chi connectivity index (χ2n) is 0. The van der Waals surface area contributed by atoms with Crippen molar-refractivity contribution in [1.29, 1.82) is 0 Å². The first-order chi connectivity index (χ1) is 0. The molecule has 0 saturated carbocycles. The maximum absolute atomic E-state index is 0. The molecule has 4 heteroatoms. The van der Waals surface area contributed by atoms with E-state index in [2.05, 4.69) is 0 Å². The molecule has 0 amide bonds. The first-order valence-corrected chi connectivity index (χ1v) is 0. The van der Waals surface area contributed by atoms with Crippen LogP contribution in [0.3, 0.4) is 0 Å². The number of hydrogen-bond donors (Lipinski definition) is 0. The van der Waals surface area contributed by atoms with Crippen molar-refractivity contribution in [3.8, 4) is 0 Å². The van der Waals surface area contributed by atoms with E-state index < -0.39 is 0 Å². The largest absolute Gasteiger partial charge is 3.00 e. The molecule has 1 nitrogen and oxygen atoms in total. The van der Waals surface area contributed by atoms with Crippen molar-refractivity contribution in [3.05, 3.63) is 0 Å². The minimum absolute atomic E-state index is 0. The average molecular weight is 269 g/mol. The first-order valence-electron chi connectivity index (χ1n) is 0. The third-order valence-electron chi connectivity index (χ3n) is 0. The molecule has 4 heavy (non-hydrogen) atoms. The Morgan fingerprint density at radius 3 is 1.00 bits per heavy atom. The van der Waals surface area contributed by atoms with Crippen molar-refractivity contribution in [2.45, 2.75) is 0 Å². The molecular formula is GeInOZn+5. The standard InChI is InChI=1S/Ge.In.O.Zn/q+2;+3;-2;+2. The summed E-state index contributed by atoms with van der Waals surface area (Å²) in [6, 6.07) is 0. The summed E-state index contributed by atoms with van der Waals surface area (Å²) in [5, 5.41) is 0. The van der Waals surface area contributed by atoms with Gasteiger partial charge >= 0.3 is 62.9 Å². The fraction of sp³-hybridized carbons (Fsp3) is 0. The Hall–Kier alpha value is 2.00. The first kappa shape index (κ1) is 37.6. The van der Waals surface area contributed by atoms with Crippen LogP contribution in [0.1, 0.15) is 0 Å². The van der Waals surface area contributed by atoms with E-state index in [1.807, 2.05) is 0 Å². The van der Waals surface area contributed by atoms with Crippen LogP contribution in [-0.2, 0) is 25.0 Å². The van der Waals surface area contributed by atoms with E-state index in [1.165, 1.54) is 0 Å². The van der Waals surface area contributed by atoms with Gasteiger partial charge in [0.25, 0.3) is 0 Å². The minimum Gasteiger partial charge on any atom is -2.00 e. The Morgan fingerprint density at radius 1 is 1.00 bits per heavy atom. The van der Waals surface area contributed by atoms with Crippen LogP contribution in [0.2, 0.25) is 0 Å². The van der Waals surface area contributed by atoms with Gasteiger partial charge in [0.2, 0.25) is 0 Å². The van der Waals surface area contributed by atoms with Crippen molar-refractivity contribution < 1.29 is 25.0 Å². The van der Waals surface area contributed by atoms with Gasteiger partial charge in [0.15, 0.2) is 0 Å². The van der Waals surface area contributed by atoms with Gasteiger partial charge in [-0.2, -0.15) is 0 Å². The van der Waals surface area contributed by atoms with E-state index in [0.29, 0.717) is 0 Å². The molecule has 0 aliphatic rings. The summed E-state index contributed by atoms with van der Waals surface area (Å²) >= 11 is 0. The molecule has 0 bridgehead atoms. The van der Waals surface area contributed by atoms with Crippen LogP contribution in [0.5, 0.6) is 0 Å². The van der Waals surface area contributed by atoms with Gasteiger partial charge in [0, 0.05) is 0 Å². The van der Waals surface area contributed by atoms with Gasteiger partial charge in [-0.1, -0.05) is 0 Å². The van der Waals surface area contributed by atoms with Crippen molar-refractivity contribution in [2.75, 3.05) is 0 Å². The Bertz CT molecular complexity index is 8.00. The van der Waals surface area contributed by atoms with Crippen LogP contribution >= 0.6 is 0 Å². The van der Waals surface area contributed by atoms with Crippen molar-refractivity contribution in [1.82, 2.24) is 0 Å². The maximum Gasteiger partial charge on any atom is 3.00 e. The van der Waals surface area contributed by atoms with Crippen LogP contribution in [0.4, 0.5) is 0 Å². The number of hydrogen-bond acceptors (Lipinski definition) is 0. The molecule has 0 unspecified atom stereocenters. The van der Waals surface area contributed by atoms with E-state index in [9.17, 15) is 0 Å². The van der Waals surface area contributed by atoms with Crippen LogP contribution < -0.4 is 0 Å². The van der Waals surface area contributed by atoms with E-state index in [1.54, 1.807) is 0 Å². The number of rotatable bonds is 0. The average Bonchev–Trinajstić information content (AvgIpc) is 0. The molecule has 0 spiro atoms. The summed E-state index contributed by atoms with van der Waals surface area (Å²) in [5.41, 5.74) is 0. The van der Waals surface area contributed by atoms with Crippen molar-refractivity contribution in [2.24, 2.45) is 0 Å². The van der Waals surface area contributed by atoms with E-state index in [-0.39, 0.29) is 68.4 Å². The molecular weight excluding hydrogens is 269 g/mol. The Kier molecular flexibility index (Phi) is 188. The SMILES string of the molecule is [Ge+2].[In+3].[O-2].[Zn+2]. The van der Waals surface area contributed by atoms with Gasteiger partial charge < -0.3 is 5.48 Å². The maximum atomic E-state index is 0. The molecule has 0 fully saturated rings. The van der Waals surface area contributed by atoms with Gasteiger partial charge in [0.1, 0.15) is 0 Å². The van der Waals surface area contributed by atoms with Crippen LogP contribution in [-0.4, -0.2) is 43.4 Å². The molecule has 10 valence electrons. The van der Waals surface area contributed by atoms with Crippen LogP contribution in [0.25, 0.3) is 0 Å². The predicted molar refractivity (Wildman–Crippen MR) is 12.2 cm³/mol. The summed E-state index contributed by atoms with van der Waals surface area (Å²) in [4.78, 5) is 0. The van der Waals surface area contributed by atoms with Gasteiger partial charge in [-0.25, -0.2) is 0 Å². The molecule has 0 rings (SSSR count). The summed E-state index contributed by atoms with van der Waals surface area (Å²) in [5.74, 6) is 0. The molecule has 0 saturated heterocycles. The normalized spacial score (nSPS) is 0. The molecule has 0 atom stereocenters. The quantitative estimate of drug-likeness (QED) is 0.511. The second-order valence-corrected chi connectivity index (χ2v) is 0. The van der Waals surface area contributed by atoms with E-state index >= 15 is 0 Å². The molecule has 0 N–H and O–H groups in total. The van der Waals surface area contributed by atoms with Crippen molar-refractivity contribution >= 4 is 43.4 Å². The Morgan fingerprint density at radius 2 is 1.00 bits per heavy atom. The molecule has 0 aliphatic heterocycles. The zero-order valence-electron chi connectivity index (χ0n) is 2.19. The molecule has 0 aromatic heterocycles. The molecule has 0 heterocycles. The van der Waals surface area contributed by atoms with Gasteiger partial charge in [-0.05, 0) is 0 Å². The third-order valence-corrected chi connectivity index (χ3v) is 0. The monoisotopic (exact) mass is 269 g/mol. The summed E-state index contributed by atoms with van der Waals surface area (Å²) in [6.45, 7) is 0. The van der Waals surface area contributed by atoms with Crippen LogP contribution in [0, 0.1) is 0 Å². The van der Waals surface area contributed by atoms with E-state index in [4.69, 9.17) is 0 Å². The molecule has 0 aromatic rings. The topological polar surface area (TPSA) is 28.5 Å². The van der Waals surface area contributed by atoms with Gasteiger partial charge in [-0.15, -0.1) is 0 Å². The fourth-order valence-electron chi connectivity index (χ4n) is 0. The summed E-state index contributed by atoms with van der Waals surface area (Å²) in [7, 11) is 0. The fourth-order valence-corrected chi connectivity index (χ4v) is 0. The van der Waals surface area contributed by atoms with Gasteiger partial charge in [0.05, 0.1) is 0 Å². The van der Waals surface area contributed by atoms with Gasteiger partial charge in [-0.3, -0.25) is 0 Å². The Balaban J connectivity index is 0. The predicted octanol–water partition coefficient (Wildman–Crippen LogP) is -0.883. The smallest absolute Gasteiger partial charge is 2.00 e. The molecule has 0 aromatic carbocycles. The Labute approximate surface area is 67.7 Å². The minimum atomic E-state index is 0. The zero-order chi connectivity index (χ0) is 0. The summed E-state index contributed by atoms with van der Waals surface area (Å²) < 4.78 is 0. The zero-order valence-corrected chi connectivity index (χ0v) is 10.6. The summed E-state index contributed by atoms with van der Waals surface area (Å²) in [6.07, 6.45) is 0. The third kappa shape index (κ3) is 9.00. The van der Waals surface area contributed by atoms with Crippen LogP contribution in [0.15, 0.2) is 0 Å². The molecule has 2 radical (unpaired) electrons. The van der Waals surface area contributed by atoms with E-state index in [0.717, 1.165) is 0 Å². The molecule has 0 aliphatic carbocycles. The van der Waals surface area contributed by atoms with Crippen molar-refractivity contribution in [3.63, 3.8) is 0 Å².